The van der Waals surface area contributed by atoms with Gasteiger partial charge in [0.1, 0.15) is 0 Å². The van der Waals surface area contributed by atoms with Crippen LogP contribution in [0, 0.1) is 0 Å². The summed E-state index contributed by atoms with van der Waals surface area (Å²) in [6, 6.07) is 12.8. The molecule has 0 bridgehead atoms. The molecule has 0 spiro atoms. The van der Waals surface area contributed by atoms with Gasteiger partial charge in [0, 0.05) is 81.1 Å². The van der Waals surface area contributed by atoms with E-state index >= 15 is 0 Å². The third-order valence-corrected chi connectivity index (χ3v) is 6.60. The molecule has 1 saturated heterocycles. The molecule has 2 aromatic carbocycles. The fourth-order valence-electron chi connectivity index (χ4n) is 4.75. The van der Waals surface area contributed by atoms with Gasteiger partial charge in [0.2, 0.25) is 11.9 Å². The van der Waals surface area contributed by atoms with Crippen molar-refractivity contribution >= 4 is 34.4 Å². The Labute approximate surface area is 203 Å². The quantitative estimate of drug-likeness (QED) is 0.500. The van der Waals surface area contributed by atoms with Gasteiger partial charge in [0.25, 0.3) is 11.8 Å². The van der Waals surface area contributed by atoms with E-state index in [9.17, 15) is 14.4 Å². The summed E-state index contributed by atoms with van der Waals surface area (Å²) in [5, 5.41) is 4.56. The van der Waals surface area contributed by atoms with E-state index < -0.39 is 0 Å². The molecule has 0 aliphatic carbocycles. The highest BCUT2D eigenvalue weighted by Crippen LogP contribution is 2.30. The molecule has 1 N–H and O–H groups in total. The third-order valence-electron chi connectivity index (χ3n) is 6.60. The van der Waals surface area contributed by atoms with Crippen LogP contribution < -0.4 is 10.2 Å². The normalized spacial score (nSPS) is 16.1. The van der Waals surface area contributed by atoms with E-state index in [-0.39, 0.29) is 30.7 Å². The third kappa shape index (κ3) is 4.85. The Morgan fingerprint density at radius 3 is 2.17 bits per heavy atom. The Hall–Kier alpha value is -3.85. The number of nitrogens with one attached hydrogen (secondary N) is 1. The van der Waals surface area contributed by atoms with Gasteiger partial charge in [-0.1, -0.05) is 24.3 Å². The molecule has 3 amide bonds. The van der Waals surface area contributed by atoms with Gasteiger partial charge >= 0.3 is 0 Å². The second kappa shape index (κ2) is 10.2. The van der Waals surface area contributed by atoms with Crippen LogP contribution in [0.15, 0.2) is 54.9 Å². The van der Waals surface area contributed by atoms with Crippen molar-refractivity contribution in [3.05, 3.63) is 66.0 Å². The number of nitrogens with zero attached hydrogens (tertiary/aromatic N) is 5. The van der Waals surface area contributed by atoms with Gasteiger partial charge in [0.15, 0.2) is 0 Å². The first-order valence-corrected chi connectivity index (χ1v) is 12.0. The smallest absolute Gasteiger partial charge is 0.261 e. The topological polar surface area (TPSA) is 98.7 Å². The maximum absolute atomic E-state index is 12.9. The highest BCUT2D eigenvalue weighted by atomic mass is 16.2. The van der Waals surface area contributed by atoms with E-state index in [1.54, 1.807) is 24.5 Å². The molecule has 35 heavy (non-hydrogen) atoms. The summed E-state index contributed by atoms with van der Waals surface area (Å²) in [6.45, 7) is 5.05. The van der Waals surface area contributed by atoms with Crippen molar-refractivity contribution in [1.29, 1.82) is 0 Å². The van der Waals surface area contributed by atoms with E-state index in [1.165, 1.54) is 4.90 Å². The highest BCUT2D eigenvalue weighted by Gasteiger charge is 2.32. The average Bonchev–Trinajstić information content (AvgIpc) is 2.90. The molecule has 0 saturated carbocycles. The first kappa shape index (κ1) is 22.9. The zero-order valence-corrected chi connectivity index (χ0v) is 19.5. The first-order chi connectivity index (χ1) is 17.1. The number of rotatable bonds is 8. The van der Waals surface area contributed by atoms with E-state index in [0.717, 1.165) is 49.4 Å². The molecule has 3 heterocycles. The van der Waals surface area contributed by atoms with E-state index in [2.05, 4.69) is 25.1 Å². The van der Waals surface area contributed by atoms with Gasteiger partial charge in [-0.3, -0.25) is 24.2 Å². The van der Waals surface area contributed by atoms with Crippen molar-refractivity contribution in [3.63, 3.8) is 0 Å². The van der Waals surface area contributed by atoms with Crippen LogP contribution in [0.5, 0.6) is 0 Å². The second-order valence-electron chi connectivity index (χ2n) is 8.80. The Balaban J connectivity index is 1.05. The number of imide groups is 1. The van der Waals surface area contributed by atoms with E-state index in [0.29, 0.717) is 24.1 Å². The molecule has 9 heteroatoms. The predicted octanol–water partition coefficient (Wildman–Crippen LogP) is 1.94. The molecule has 1 aromatic heterocycles. The molecule has 2 aliphatic rings. The van der Waals surface area contributed by atoms with Crippen molar-refractivity contribution in [1.82, 2.24) is 25.1 Å². The van der Waals surface area contributed by atoms with Crippen molar-refractivity contribution in [2.24, 2.45) is 0 Å². The molecule has 1 fully saturated rings. The molecule has 0 unspecified atom stereocenters. The fraction of sp³-hybridized carbons (Fsp3) is 0.346. The lowest BCUT2D eigenvalue weighted by Gasteiger charge is -2.34. The van der Waals surface area contributed by atoms with E-state index in [1.807, 2.05) is 30.3 Å². The van der Waals surface area contributed by atoms with Crippen molar-refractivity contribution < 1.29 is 14.4 Å². The van der Waals surface area contributed by atoms with Crippen molar-refractivity contribution in [2.75, 3.05) is 50.7 Å². The summed E-state index contributed by atoms with van der Waals surface area (Å²) < 4.78 is 0. The largest absolute Gasteiger partial charge is 0.355 e. The molecule has 3 aromatic rings. The van der Waals surface area contributed by atoms with Gasteiger partial charge in [0.05, 0.1) is 0 Å². The summed E-state index contributed by atoms with van der Waals surface area (Å²) in [6.07, 6.45) is 4.19. The van der Waals surface area contributed by atoms with Crippen LogP contribution in [0.2, 0.25) is 0 Å². The summed E-state index contributed by atoms with van der Waals surface area (Å²) >= 11 is 0. The standard InChI is InChI=1S/C26H28N6O3/c33-22(27-12-14-30-15-17-31(18-16-30)26-28-10-4-11-29-26)9-3-13-32-24(34)20-7-1-5-19-6-2-8-21(23(19)20)25(32)35/h1-2,4-8,10-11H,3,9,12-18H2,(H,27,33). The molecule has 9 nitrogen and oxygen atoms in total. The summed E-state index contributed by atoms with van der Waals surface area (Å²) in [4.78, 5) is 52.5. The summed E-state index contributed by atoms with van der Waals surface area (Å²) in [5.41, 5.74) is 1.09. The number of benzene rings is 2. The molecule has 0 atom stereocenters. The molecule has 5 rings (SSSR count). The molecule has 180 valence electrons. The number of hydrogen-bond acceptors (Lipinski definition) is 7. The number of aromatic nitrogens is 2. The predicted molar refractivity (Wildman–Crippen MR) is 132 cm³/mol. The van der Waals surface area contributed by atoms with Gasteiger partial charge in [-0.2, -0.15) is 0 Å². The van der Waals surface area contributed by atoms with Crippen LogP contribution in [0.4, 0.5) is 5.95 Å². The maximum Gasteiger partial charge on any atom is 0.261 e. The van der Waals surface area contributed by atoms with Crippen LogP contribution in [0.3, 0.4) is 0 Å². The minimum atomic E-state index is -0.292. The van der Waals surface area contributed by atoms with Crippen LogP contribution >= 0.6 is 0 Å². The first-order valence-electron chi connectivity index (χ1n) is 12.0. The monoisotopic (exact) mass is 472 g/mol. The fourth-order valence-corrected chi connectivity index (χ4v) is 4.75. The Morgan fingerprint density at radius 2 is 1.51 bits per heavy atom. The molecule has 0 radical (unpaired) electrons. The van der Waals surface area contributed by atoms with Gasteiger partial charge < -0.3 is 10.2 Å². The SMILES string of the molecule is O=C(CCCN1C(=O)c2cccc3cccc(c23)C1=O)NCCN1CCN(c2ncccn2)CC1. The van der Waals surface area contributed by atoms with Crippen LogP contribution in [0.25, 0.3) is 10.8 Å². The maximum atomic E-state index is 12.9. The second-order valence-corrected chi connectivity index (χ2v) is 8.80. The molecule has 2 aliphatic heterocycles. The molecular weight excluding hydrogens is 444 g/mol. The number of carbonyl (C=O) groups excluding carboxylic acids is 3. The lowest BCUT2D eigenvalue weighted by Crippen LogP contribution is -2.49. The lowest BCUT2D eigenvalue weighted by molar-refractivity contribution is -0.121. The van der Waals surface area contributed by atoms with Crippen LogP contribution in [0.1, 0.15) is 33.6 Å². The van der Waals surface area contributed by atoms with Crippen molar-refractivity contribution in [3.8, 4) is 0 Å². The zero-order chi connectivity index (χ0) is 24.2. The zero-order valence-electron chi connectivity index (χ0n) is 19.5. The molecular formula is C26H28N6O3. The van der Waals surface area contributed by atoms with Gasteiger partial charge in [-0.25, -0.2) is 9.97 Å². The summed E-state index contributed by atoms with van der Waals surface area (Å²) in [5.74, 6) is 0.103. The van der Waals surface area contributed by atoms with Gasteiger partial charge in [-0.05, 0) is 30.0 Å². The van der Waals surface area contributed by atoms with Crippen LogP contribution in [-0.4, -0.2) is 83.3 Å². The summed E-state index contributed by atoms with van der Waals surface area (Å²) in [7, 11) is 0. The van der Waals surface area contributed by atoms with Gasteiger partial charge in [-0.15, -0.1) is 0 Å². The lowest BCUT2D eigenvalue weighted by atomic mass is 9.94. The Kier molecular flexibility index (Phi) is 6.67. The Bertz CT molecular complexity index is 1190. The number of amides is 3. The Morgan fingerprint density at radius 1 is 0.857 bits per heavy atom. The minimum Gasteiger partial charge on any atom is -0.355 e. The number of hydrogen-bond donors (Lipinski definition) is 1. The average molecular weight is 473 g/mol. The number of carbonyl (C=O) groups is 3. The van der Waals surface area contributed by atoms with Crippen LogP contribution in [-0.2, 0) is 4.79 Å². The number of piperazine rings is 1. The van der Waals surface area contributed by atoms with Crippen molar-refractivity contribution in [2.45, 2.75) is 12.8 Å². The number of anilines is 1. The highest BCUT2D eigenvalue weighted by molar-refractivity contribution is 6.25. The van der Waals surface area contributed by atoms with E-state index in [4.69, 9.17) is 0 Å². The minimum absolute atomic E-state index is 0.0688.